The van der Waals surface area contributed by atoms with Crippen LogP contribution < -0.4 is 9.47 Å². The summed E-state index contributed by atoms with van der Waals surface area (Å²) in [6, 6.07) is 10.2. The smallest absolute Gasteiger partial charge is 0.126 e. The van der Waals surface area contributed by atoms with E-state index < -0.39 is 0 Å². The van der Waals surface area contributed by atoms with E-state index >= 15 is 0 Å². The highest BCUT2D eigenvalue weighted by Crippen LogP contribution is 2.31. The number of unbranched alkanes of at least 4 members (excludes halogenated alkanes) is 3. The first-order chi connectivity index (χ1) is 10.3. The first-order valence-corrected chi connectivity index (χ1v) is 7.66. The van der Waals surface area contributed by atoms with Crippen molar-refractivity contribution in [1.29, 1.82) is 0 Å². The van der Waals surface area contributed by atoms with Crippen molar-refractivity contribution in [3.63, 3.8) is 0 Å². The topological polar surface area (TPSA) is 18.5 Å². The molecular formula is C19H24O2. The van der Waals surface area contributed by atoms with Gasteiger partial charge < -0.3 is 9.47 Å². The van der Waals surface area contributed by atoms with Gasteiger partial charge in [0.2, 0.25) is 0 Å². The quantitative estimate of drug-likeness (QED) is 0.600. The molecule has 0 aliphatic carbocycles. The van der Waals surface area contributed by atoms with Crippen LogP contribution in [0.3, 0.4) is 0 Å². The number of hydrogen-bond donors (Lipinski definition) is 0. The van der Waals surface area contributed by atoms with Gasteiger partial charge in [0.25, 0.3) is 0 Å². The van der Waals surface area contributed by atoms with Crippen LogP contribution in [0.2, 0.25) is 0 Å². The molecule has 0 radical (unpaired) electrons. The van der Waals surface area contributed by atoms with Crippen molar-refractivity contribution in [2.45, 2.75) is 32.6 Å². The molecule has 21 heavy (non-hydrogen) atoms. The van der Waals surface area contributed by atoms with Crippen LogP contribution in [0.4, 0.5) is 0 Å². The fourth-order valence-electron chi connectivity index (χ4n) is 2.51. The minimum absolute atomic E-state index is 0.788. The molecule has 0 bridgehead atoms. The molecule has 0 fully saturated rings. The highest BCUT2D eigenvalue weighted by molar-refractivity contribution is 5.93. The SMILES string of the molecule is C=Cc1c(OC)ccc2cc(OCCCCCC)ccc12. The summed E-state index contributed by atoms with van der Waals surface area (Å²) in [5, 5.41) is 2.29. The summed E-state index contributed by atoms with van der Waals surface area (Å²) >= 11 is 0. The minimum Gasteiger partial charge on any atom is -0.496 e. The lowest BCUT2D eigenvalue weighted by atomic mass is 10.0. The number of fused-ring (bicyclic) bond motifs is 1. The molecule has 0 spiro atoms. The zero-order valence-electron chi connectivity index (χ0n) is 13.0. The molecule has 0 heterocycles. The van der Waals surface area contributed by atoms with E-state index in [4.69, 9.17) is 9.47 Å². The van der Waals surface area contributed by atoms with Gasteiger partial charge in [-0.1, -0.05) is 44.9 Å². The molecule has 2 rings (SSSR count). The molecule has 2 heteroatoms. The molecule has 0 aromatic heterocycles. The standard InChI is InChI=1S/C19H24O2/c1-4-6-7-8-13-21-16-10-11-18-15(14-16)9-12-19(20-3)17(18)5-2/h5,9-12,14H,2,4,6-8,13H2,1,3H3. The lowest BCUT2D eigenvalue weighted by molar-refractivity contribution is 0.305. The molecule has 0 saturated carbocycles. The van der Waals surface area contributed by atoms with E-state index in [-0.39, 0.29) is 0 Å². The second-order valence-electron chi connectivity index (χ2n) is 5.18. The van der Waals surface area contributed by atoms with Crippen molar-refractivity contribution < 1.29 is 9.47 Å². The number of hydrogen-bond acceptors (Lipinski definition) is 2. The van der Waals surface area contributed by atoms with Crippen LogP contribution in [0.25, 0.3) is 16.8 Å². The van der Waals surface area contributed by atoms with Crippen LogP contribution in [0.5, 0.6) is 11.5 Å². The zero-order chi connectivity index (χ0) is 15.1. The van der Waals surface area contributed by atoms with E-state index in [1.807, 2.05) is 18.2 Å². The second-order valence-corrected chi connectivity index (χ2v) is 5.18. The first-order valence-electron chi connectivity index (χ1n) is 7.66. The third kappa shape index (κ3) is 3.78. The van der Waals surface area contributed by atoms with Crippen molar-refractivity contribution in [1.82, 2.24) is 0 Å². The summed E-state index contributed by atoms with van der Waals surface area (Å²) in [4.78, 5) is 0. The molecule has 0 atom stereocenters. The molecule has 2 nitrogen and oxygen atoms in total. The molecular weight excluding hydrogens is 260 g/mol. The molecule has 0 N–H and O–H groups in total. The van der Waals surface area contributed by atoms with Gasteiger partial charge in [-0.3, -0.25) is 0 Å². The fourth-order valence-corrected chi connectivity index (χ4v) is 2.51. The normalized spacial score (nSPS) is 10.6. The van der Waals surface area contributed by atoms with Crippen molar-refractivity contribution in [2.75, 3.05) is 13.7 Å². The Labute approximate surface area is 127 Å². The van der Waals surface area contributed by atoms with Crippen LogP contribution in [-0.4, -0.2) is 13.7 Å². The maximum Gasteiger partial charge on any atom is 0.126 e. The third-order valence-electron chi connectivity index (χ3n) is 3.68. The van der Waals surface area contributed by atoms with Crippen LogP contribution in [-0.2, 0) is 0 Å². The average Bonchev–Trinajstić information content (AvgIpc) is 2.53. The van der Waals surface area contributed by atoms with Crippen molar-refractivity contribution in [3.8, 4) is 11.5 Å². The van der Waals surface area contributed by atoms with E-state index in [1.165, 1.54) is 19.3 Å². The van der Waals surface area contributed by atoms with Gasteiger partial charge in [0.15, 0.2) is 0 Å². The maximum atomic E-state index is 5.83. The summed E-state index contributed by atoms with van der Waals surface area (Å²) in [7, 11) is 1.68. The fraction of sp³-hybridized carbons (Fsp3) is 0.368. The van der Waals surface area contributed by atoms with E-state index in [2.05, 4.69) is 31.7 Å². The minimum atomic E-state index is 0.788. The van der Waals surface area contributed by atoms with Crippen LogP contribution in [0.1, 0.15) is 38.2 Å². The summed E-state index contributed by atoms with van der Waals surface area (Å²) in [5.74, 6) is 1.78. The van der Waals surface area contributed by atoms with Crippen molar-refractivity contribution >= 4 is 16.8 Å². The van der Waals surface area contributed by atoms with Gasteiger partial charge in [0.1, 0.15) is 11.5 Å². The van der Waals surface area contributed by atoms with Crippen LogP contribution in [0, 0.1) is 0 Å². The van der Waals surface area contributed by atoms with Gasteiger partial charge in [-0.05, 0) is 41.5 Å². The van der Waals surface area contributed by atoms with E-state index in [9.17, 15) is 0 Å². The van der Waals surface area contributed by atoms with Crippen LogP contribution >= 0.6 is 0 Å². The van der Waals surface area contributed by atoms with Gasteiger partial charge in [-0.2, -0.15) is 0 Å². The summed E-state index contributed by atoms with van der Waals surface area (Å²) in [6.07, 6.45) is 6.73. The summed E-state index contributed by atoms with van der Waals surface area (Å²) in [5.41, 5.74) is 1.03. The Bertz CT molecular complexity index is 602. The number of methoxy groups -OCH3 is 1. The number of ether oxygens (including phenoxy) is 2. The van der Waals surface area contributed by atoms with E-state index in [0.29, 0.717) is 0 Å². The monoisotopic (exact) mass is 284 g/mol. The maximum absolute atomic E-state index is 5.83. The Kier molecular flexibility index (Phi) is 5.68. The molecule has 2 aromatic rings. The molecule has 2 aromatic carbocycles. The molecule has 0 aliphatic rings. The Morgan fingerprint density at radius 1 is 1.10 bits per heavy atom. The Morgan fingerprint density at radius 2 is 1.95 bits per heavy atom. The predicted molar refractivity (Wildman–Crippen MR) is 90.2 cm³/mol. The molecule has 0 saturated heterocycles. The predicted octanol–water partition coefficient (Wildman–Crippen LogP) is 5.45. The summed E-state index contributed by atoms with van der Waals surface area (Å²) in [6.45, 7) is 6.88. The largest absolute Gasteiger partial charge is 0.496 e. The number of benzene rings is 2. The molecule has 112 valence electrons. The molecule has 0 unspecified atom stereocenters. The Hall–Kier alpha value is -1.96. The number of rotatable bonds is 8. The van der Waals surface area contributed by atoms with Crippen LogP contribution in [0.15, 0.2) is 36.9 Å². The lowest BCUT2D eigenvalue weighted by Gasteiger charge is -2.11. The zero-order valence-corrected chi connectivity index (χ0v) is 13.0. The molecule has 0 amide bonds. The van der Waals surface area contributed by atoms with Gasteiger partial charge >= 0.3 is 0 Å². The van der Waals surface area contributed by atoms with E-state index in [0.717, 1.165) is 40.9 Å². The Morgan fingerprint density at radius 3 is 2.67 bits per heavy atom. The first kappa shape index (κ1) is 15.4. The molecule has 0 aliphatic heterocycles. The Balaban J connectivity index is 2.13. The average molecular weight is 284 g/mol. The van der Waals surface area contributed by atoms with Gasteiger partial charge in [0.05, 0.1) is 13.7 Å². The second kappa shape index (κ2) is 7.72. The van der Waals surface area contributed by atoms with Gasteiger partial charge in [-0.25, -0.2) is 0 Å². The highest BCUT2D eigenvalue weighted by atomic mass is 16.5. The lowest BCUT2D eigenvalue weighted by Crippen LogP contribution is -1.97. The van der Waals surface area contributed by atoms with Gasteiger partial charge in [-0.15, -0.1) is 0 Å². The van der Waals surface area contributed by atoms with E-state index in [1.54, 1.807) is 7.11 Å². The van der Waals surface area contributed by atoms with Crippen molar-refractivity contribution in [2.24, 2.45) is 0 Å². The van der Waals surface area contributed by atoms with Gasteiger partial charge in [0, 0.05) is 5.56 Å². The highest BCUT2D eigenvalue weighted by Gasteiger charge is 2.06. The third-order valence-corrected chi connectivity index (χ3v) is 3.68. The summed E-state index contributed by atoms with van der Waals surface area (Å²) < 4.78 is 11.2. The van der Waals surface area contributed by atoms with Crippen molar-refractivity contribution in [3.05, 3.63) is 42.5 Å².